The first-order valence-electron chi connectivity index (χ1n) is 4.15. The second-order valence-electron chi connectivity index (χ2n) is 3.01. The van der Waals surface area contributed by atoms with Gasteiger partial charge in [0.05, 0.1) is 6.54 Å². The average Bonchev–Trinajstić information content (AvgIpc) is 2.21. The van der Waals surface area contributed by atoms with Gasteiger partial charge in [0.2, 0.25) is 0 Å². The summed E-state index contributed by atoms with van der Waals surface area (Å²) in [7, 11) is 0. The van der Waals surface area contributed by atoms with Crippen LogP contribution in [0.25, 0.3) is 0 Å². The topological polar surface area (TPSA) is 24.9 Å². The Morgan fingerprint density at radius 3 is 2.29 bits per heavy atom. The van der Waals surface area contributed by atoms with Crippen LogP contribution in [0.2, 0.25) is 0 Å². The number of anilines is 1. The highest BCUT2D eigenvalue weighted by Gasteiger charge is 2.40. The van der Waals surface area contributed by atoms with E-state index in [2.05, 4.69) is 4.98 Å². The van der Waals surface area contributed by atoms with Gasteiger partial charge in [0, 0.05) is 6.07 Å². The first-order chi connectivity index (χ1) is 7.74. The van der Waals surface area contributed by atoms with Gasteiger partial charge in [-0.1, -0.05) is 0 Å². The number of hydrogen-bond donors (Lipinski definition) is 1. The van der Waals surface area contributed by atoms with Crippen molar-refractivity contribution in [1.82, 2.24) is 4.98 Å². The van der Waals surface area contributed by atoms with Gasteiger partial charge in [-0.3, -0.25) is 0 Å². The molecule has 9 heteroatoms. The van der Waals surface area contributed by atoms with E-state index in [-0.39, 0.29) is 6.07 Å². The van der Waals surface area contributed by atoms with Gasteiger partial charge >= 0.3 is 12.3 Å². The van der Waals surface area contributed by atoms with Crippen LogP contribution in [0.15, 0.2) is 6.07 Å². The third-order valence-electron chi connectivity index (χ3n) is 1.70. The van der Waals surface area contributed by atoms with Crippen LogP contribution < -0.4 is 5.32 Å². The van der Waals surface area contributed by atoms with Crippen molar-refractivity contribution in [2.75, 3.05) is 11.9 Å². The van der Waals surface area contributed by atoms with E-state index in [0.29, 0.717) is 0 Å². The number of hydrogen-bond acceptors (Lipinski definition) is 2. The summed E-state index contributed by atoms with van der Waals surface area (Å²) in [5.41, 5.74) is 0. The second kappa shape index (κ2) is 4.76. The van der Waals surface area contributed by atoms with Gasteiger partial charge in [0.25, 0.3) is 5.95 Å². The van der Waals surface area contributed by atoms with Crippen molar-refractivity contribution in [2.24, 2.45) is 0 Å². The fourth-order valence-corrected chi connectivity index (χ4v) is 0.847. The molecule has 0 fully saturated rings. The highest BCUT2D eigenvalue weighted by Crippen LogP contribution is 2.23. The fraction of sp³-hybridized carbons (Fsp3) is 0.375. The molecule has 0 saturated carbocycles. The molecule has 0 aliphatic rings. The standard InChI is InChI=1S/C8H5F7N2/c9-3-1-4(10)6(17-5(3)11)16-2-8(14,15)7(12)13/h1,7H,2H2,(H,16,17). The Labute approximate surface area is 90.5 Å². The molecule has 0 bridgehead atoms. The minimum atomic E-state index is -4.43. The smallest absolute Gasteiger partial charge is 0.324 e. The van der Waals surface area contributed by atoms with Gasteiger partial charge in [-0.25, -0.2) is 17.6 Å². The lowest BCUT2D eigenvalue weighted by molar-refractivity contribution is -0.117. The van der Waals surface area contributed by atoms with Crippen LogP contribution in [0, 0.1) is 17.6 Å². The number of halogens is 7. The number of rotatable bonds is 4. The van der Waals surface area contributed by atoms with Crippen LogP contribution in [0.1, 0.15) is 0 Å². The molecule has 0 amide bonds. The maximum atomic E-state index is 12.8. The summed E-state index contributed by atoms with van der Waals surface area (Å²) in [5.74, 6) is -10.3. The van der Waals surface area contributed by atoms with E-state index in [1.165, 1.54) is 5.32 Å². The average molecular weight is 262 g/mol. The summed E-state index contributed by atoms with van der Waals surface area (Å²) in [6.07, 6.45) is -3.97. The van der Waals surface area contributed by atoms with Crippen LogP contribution in [-0.4, -0.2) is 23.9 Å². The number of nitrogens with one attached hydrogen (secondary N) is 1. The van der Waals surface area contributed by atoms with Crippen molar-refractivity contribution in [2.45, 2.75) is 12.3 Å². The molecule has 0 aromatic carbocycles. The van der Waals surface area contributed by atoms with Gasteiger partial charge in [-0.05, 0) is 0 Å². The Morgan fingerprint density at radius 2 is 1.76 bits per heavy atom. The van der Waals surface area contributed by atoms with E-state index in [4.69, 9.17) is 0 Å². The highest BCUT2D eigenvalue weighted by atomic mass is 19.3. The van der Waals surface area contributed by atoms with Crippen LogP contribution in [0.5, 0.6) is 0 Å². The number of aromatic nitrogens is 1. The Balaban J connectivity index is 2.80. The Morgan fingerprint density at radius 1 is 1.18 bits per heavy atom. The first-order valence-corrected chi connectivity index (χ1v) is 4.15. The molecule has 1 heterocycles. The van der Waals surface area contributed by atoms with Crippen LogP contribution >= 0.6 is 0 Å². The van der Waals surface area contributed by atoms with Gasteiger partial charge in [-0.2, -0.15) is 18.2 Å². The van der Waals surface area contributed by atoms with Gasteiger partial charge < -0.3 is 5.32 Å². The quantitative estimate of drug-likeness (QED) is 0.666. The van der Waals surface area contributed by atoms with Crippen molar-refractivity contribution < 1.29 is 30.7 Å². The van der Waals surface area contributed by atoms with E-state index >= 15 is 0 Å². The molecular formula is C8H5F7N2. The van der Waals surface area contributed by atoms with E-state index in [0.717, 1.165) is 0 Å². The molecule has 0 atom stereocenters. The molecule has 96 valence electrons. The summed E-state index contributed by atoms with van der Waals surface area (Å²) in [6.45, 7) is -1.65. The summed E-state index contributed by atoms with van der Waals surface area (Å²) in [6, 6.07) is 0.0607. The maximum Gasteiger partial charge on any atom is 0.324 e. The Hall–Kier alpha value is -1.54. The Kier molecular flexibility index (Phi) is 3.79. The maximum absolute atomic E-state index is 12.8. The molecule has 17 heavy (non-hydrogen) atoms. The van der Waals surface area contributed by atoms with Crippen molar-refractivity contribution in [3.63, 3.8) is 0 Å². The SMILES string of the molecule is Fc1cc(F)c(NCC(F)(F)C(F)F)nc1F. The molecule has 0 saturated heterocycles. The minimum absolute atomic E-state index is 0.0607. The first kappa shape index (κ1) is 13.5. The third kappa shape index (κ3) is 3.21. The van der Waals surface area contributed by atoms with Crippen LogP contribution in [-0.2, 0) is 0 Å². The summed E-state index contributed by atoms with van der Waals surface area (Å²) in [5, 5.41) is 1.48. The van der Waals surface area contributed by atoms with E-state index in [1.807, 2.05) is 0 Å². The Bertz CT molecular complexity index is 407. The molecule has 2 nitrogen and oxygen atoms in total. The summed E-state index contributed by atoms with van der Waals surface area (Å²) >= 11 is 0. The minimum Gasteiger partial charge on any atom is -0.361 e. The van der Waals surface area contributed by atoms with Crippen LogP contribution in [0.3, 0.4) is 0 Å². The lowest BCUT2D eigenvalue weighted by atomic mass is 10.3. The molecule has 0 aliphatic heterocycles. The van der Waals surface area contributed by atoms with Crippen molar-refractivity contribution in [3.8, 4) is 0 Å². The van der Waals surface area contributed by atoms with Gasteiger partial charge in [0.15, 0.2) is 17.5 Å². The van der Waals surface area contributed by atoms with E-state index in [1.54, 1.807) is 0 Å². The zero-order chi connectivity index (χ0) is 13.2. The monoisotopic (exact) mass is 262 g/mol. The zero-order valence-electron chi connectivity index (χ0n) is 7.95. The number of alkyl halides is 4. The molecule has 1 aromatic rings. The summed E-state index contributed by atoms with van der Waals surface area (Å²) < 4.78 is 86.0. The third-order valence-corrected chi connectivity index (χ3v) is 1.70. The molecular weight excluding hydrogens is 257 g/mol. The lowest BCUT2D eigenvalue weighted by Gasteiger charge is -2.16. The molecule has 1 rings (SSSR count). The molecule has 0 aliphatic carbocycles. The largest absolute Gasteiger partial charge is 0.361 e. The highest BCUT2D eigenvalue weighted by molar-refractivity contribution is 5.36. The summed E-state index contributed by atoms with van der Waals surface area (Å²) in [4.78, 5) is 2.63. The molecule has 1 N–H and O–H groups in total. The molecule has 0 spiro atoms. The zero-order valence-corrected chi connectivity index (χ0v) is 7.95. The van der Waals surface area contributed by atoms with Crippen molar-refractivity contribution in [1.29, 1.82) is 0 Å². The molecule has 0 radical (unpaired) electrons. The normalized spacial score (nSPS) is 12.0. The van der Waals surface area contributed by atoms with Crippen LogP contribution in [0.4, 0.5) is 36.6 Å². The second-order valence-corrected chi connectivity index (χ2v) is 3.01. The predicted molar refractivity (Wildman–Crippen MR) is 43.6 cm³/mol. The van der Waals surface area contributed by atoms with Crippen molar-refractivity contribution >= 4 is 5.82 Å². The van der Waals surface area contributed by atoms with Gasteiger partial charge in [0.1, 0.15) is 0 Å². The predicted octanol–water partition coefficient (Wildman–Crippen LogP) is 2.81. The number of pyridine rings is 1. The molecule has 0 unspecified atom stereocenters. The lowest BCUT2D eigenvalue weighted by Crippen LogP contribution is -2.35. The van der Waals surface area contributed by atoms with Gasteiger partial charge in [-0.15, -0.1) is 0 Å². The van der Waals surface area contributed by atoms with E-state index < -0.39 is 42.3 Å². The fourth-order valence-electron chi connectivity index (χ4n) is 0.847. The van der Waals surface area contributed by atoms with E-state index in [9.17, 15) is 30.7 Å². The van der Waals surface area contributed by atoms with Crippen molar-refractivity contribution in [3.05, 3.63) is 23.6 Å². The number of nitrogens with zero attached hydrogens (tertiary/aromatic N) is 1. The molecule has 1 aromatic heterocycles.